The molecule has 0 unspecified atom stereocenters. The molecule has 2 aliphatic rings. The second-order valence-electron chi connectivity index (χ2n) is 4.94. The van der Waals surface area contributed by atoms with E-state index in [4.69, 9.17) is 31.5 Å². The van der Waals surface area contributed by atoms with E-state index in [0.717, 1.165) is 0 Å². The number of carbonyl (C=O) groups excluding carboxylic acids is 1. The fraction of sp³-hybridized carbons (Fsp3) is 0.400. The molecule has 1 saturated heterocycles. The molecule has 1 aromatic carbocycles. The second-order valence-corrected chi connectivity index (χ2v) is 5.35. The van der Waals surface area contributed by atoms with Gasteiger partial charge in [0, 0.05) is 13.1 Å². The van der Waals surface area contributed by atoms with Crippen LogP contribution in [-0.4, -0.2) is 50.6 Å². The van der Waals surface area contributed by atoms with Crippen molar-refractivity contribution in [3.63, 3.8) is 0 Å². The lowest BCUT2D eigenvalue weighted by atomic mass is 10.1. The summed E-state index contributed by atoms with van der Waals surface area (Å²) in [6.45, 7) is 2.60. The SMILES string of the molecule is Nc1c(Cl)cc(C#CCNC(=O)N2CCOCC2)c2c1OCO2. The number of fused-ring (bicyclic) bond motifs is 1. The van der Waals surface area contributed by atoms with Crippen molar-refractivity contribution in [2.24, 2.45) is 0 Å². The highest BCUT2D eigenvalue weighted by molar-refractivity contribution is 6.33. The molecular weight excluding hydrogens is 322 g/mol. The molecule has 7 nitrogen and oxygen atoms in total. The topological polar surface area (TPSA) is 86.1 Å². The normalized spacial score (nSPS) is 15.8. The Hall–Kier alpha value is -2.30. The van der Waals surface area contributed by atoms with E-state index in [1.807, 2.05) is 0 Å². The minimum atomic E-state index is -0.150. The Labute approximate surface area is 138 Å². The van der Waals surface area contributed by atoms with E-state index in [0.29, 0.717) is 54.1 Å². The molecule has 0 radical (unpaired) electrons. The summed E-state index contributed by atoms with van der Waals surface area (Å²) in [5.41, 5.74) is 6.74. The molecule has 0 saturated carbocycles. The van der Waals surface area contributed by atoms with Crippen LogP contribution >= 0.6 is 11.6 Å². The third kappa shape index (κ3) is 3.38. The summed E-state index contributed by atoms with van der Waals surface area (Å²) >= 11 is 6.05. The van der Waals surface area contributed by atoms with Crippen LogP contribution in [0.1, 0.15) is 5.56 Å². The number of nitrogen functional groups attached to an aromatic ring is 1. The lowest BCUT2D eigenvalue weighted by Crippen LogP contribution is -2.46. The van der Waals surface area contributed by atoms with Crippen LogP contribution in [0.4, 0.5) is 10.5 Å². The van der Waals surface area contributed by atoms with Crippen molar-refractivity contribution in [3.05, 3.63) is 16.7 Å². The van der Waals surface area contributed by atoms with Gasteiger partial charge in [-0.05, 0) is 6.07 Å². The Morgan fingerprint density at radius 3 is 2.87 bits per heavy atom. The average molecular weight is 338 g/mol. The first-order chi connectivity index (χ1) is 11.2. The molecule has 2 aliphatic heterocycles. The van der Waals surface area contributed by atoms with Gasteiger partial charge in [-0.3, -0.25) is 0 Å². The van der Waals surface area contributed by atoms with Crippen molar-refractivity contribution in [2.45, 2.75) is 0 Å². The first kappa shape index (κ1) is 15.6. The zero-order chi connectivity index (χ0) is 16.2. The highest BCUT2D eigenvalue weighted by Gasteiger charge is 2.22. The number of urea groups is 1. The summed E-state index contributed by atoms with van der Waals surface area (Å²) in [5.74, 6) is 6.69. The van der Waals surface area contributed by atoms with Gasteiger partial charge in [-0.2, -0.15) is 0 Å². The van der Waals surface area contributed by atoms with Crippen molar-refractivity contribution in [1.29, 1.82) is 0 Å². The predicted molar refractivity (Wildman–Crippen MR) is 84.7 cm³/mol. The molecule has 122 valence electrons. The number of rotatable bonds is 1. The summed E-state index contributed by atoms with van der Waals surface area (Å²) in [7, 11) is 0. The number of nitrogens with one attached hydrogen (secondary N) is 1. The first-order valence-electron chi connectivity index (χ1n) is 7.14. The van der Waals surface area contributed by atoms with Gasteiger partial charge < -0.3 is 30.2 Å². The average Bonchev–Trinajstić information content (AvgIpc) is 3.06. The molecule has 0 atom stereocenters. The number of nitrogens with two attached hydrogens (primary N) is 1. The lowest BCUT2D eigenvalue weighted by Gasteiger charge is -2.26. The van der Waals surface area contributed by atoms with Gasteiger partial charge in [0.2, 0.25) is 6.79 Å². The quantitative estimate of drug-likeness (QED) is 0.591. The lowest BCUT2D eigenvalue weighted by molar-refractivity contribution is 0.0535. The van der Waals surface area contributed by atoms with Crippen LogP contribution in [0.5, 0.6) is 11.5 Å². The number of hydrogen-bond donors (Lipinski definition) is 2. The zero-order valence-corrected chi connectivity index (χ0v) is 13.1. The highest BCUT2D eigenvalue weighted by atomic mass is 35.5. The molecule has 3 N–H and O–H groups in total. The van der Waals surface area contributed by atoms with Crippen LogP contribution in [0.3, 0.4) is 0 Å². The fourth-order valence-corrected chi connectivity index (χ4v) is 2.48. The summed E-state index contributed by atoms with van der Waals surface area (Å²) < 4.78 is 15.9. The Balaban J connectivity index is 1.63. The van der Waals surface area contributed by atoms with E-state index < -0.39 is 0 Å². The van der Waals surface area contributed by atoms with Gasteiger partial charge in [0.15, 0.2) is 11.5 Å². The van der Waals surface area contributed by atoms with E-state index in [9.17, 15) is 4.79 Å². The summed E-state index contributed by atoms with van der Waals surface area (Å²) in [6.07, 6.45) is 0. The van der Waals surface area contributed by atoms with Gasteiger partial charge in [-0.1, -0.05) is 23.4 Å². The number of halogens is 1. The molecule has 0 aromatic heterocycles. The van der Waals surface area contributed by atoms with Gasteiger partial charge in [0.05, 0.1) is 36.0 Å². The number of ether oxygens (including phenoxy) is 3. The van der Waals surface area contributed by atoms with E-state index in [1.165, 1.54) is 0 Å². The minimum Gasteiger partial charge on any atom is -0.452 e. The molecule has 2 amide bonds. The second kappa shape index (κ2) is 6.86. The predicted octanol–water partition coefficient (Wildman–Crippen LogP) is 1.04. The number of hydrogen-bond acceptors (Lipinski definition) is 5. The Bertz CT molecular complexity index is 678. The van der Waals surface area contributed by atoms with Crippen molar-refractivity contribution in [3.8, 4) is 23.3 Å². The Morgan fingerprint density at radius 2 is 2.09 bits per heavy atom. The first-order valence-corrected chi connectivity index (χ1v) is 7.51. The molecule has 3 rings (SSSR count). The highest BCUT2D eigenvalue weighted by Crippen LogP contribution is 2.44. The number of anilines is 1. The van der Waals surface area contributed by atoms with Crippen LogP contribution in [0.2, 0.25) is 5.02 Å². The van der Waals surface area contributed by atoms with E-state index in [2.05, 4.69) is 17.2 Å². The van der Waals surface area contributed by atoms with Crippen molar-refractivity contribution in [1.82, 2.24) is 10.2 Å². The fourth-order valence-electron chi connectivity index (χ4n) is 2.29. The van der Waals surface area contributed by atoms with Gasteiger partial charge in [-0.15, -0.1) is 0 Å². The van der Waals surface area contributed by atoms with Crippen molar-refractivity contribution < 1.29 is 19.0 Å². The molecule has 0 bridgehead atoms. The van der Waals surface area contributed by atoms with Crippen LogP contribution in [0.15, 0.2) is 6.07 Å². The number of morpholine rings is 1. The van der Waals surface area contributed by atoms with E-state index in [-0.39, 0.29) is 19.4 Å². The van der Waals surface area contributed by atoms with Gasteiger partial charge in [-0.25, -0.2) is 4.79 Å². The summed E-state index contributed by atoms with van der Waals surface area (Å²) in [4.78, 5) is 13.6. The molecule has 23 heavy (non-hydrogen) atoms. The molecule has 0 aliphatic carbocycles. The number of carbonyl (C=O) groups is 1. The third-order valence-electron chi connectivity index (χ3n) is 3.48. The van der Waals surface area contributed by atoms with Crippen molar-refractivity contribution in [2.75, 3.05) is 45.4 Å². The molecule has 2 heterocycles. The smallest absolute Gasteiger partial charge is 0.318 e. The Morgan fingerprint density at radius 1 is 1.35 bits per heavy atom. The van der Waals surface area contributed by atoms with E-state index in [1.54, 1.807) is 11.0 Å². The zero-order valence-electron chi connectivity index (χ0n) is 12.4. The van der Waals surface area contributed by atoms with Gasteiger partial charge in [0.1, 0.15) is 0 Å². The maximum atomic E-state index is 11.9. The number of amides is 2. The largest absolute Gasteiger partial charge is 0.452 e. The molecule has 0 spiro atoms. The van der Waals surface area contributed by atoms with Gasteiger partial charge in [0.25, 0.3) is 0 Å². The molecule has 1 aromatic rings. The minimum absolute atomic E-state index is 0.0856. The van der Waals surface area contributed by atoms with Crippen molar-refractivity contribution >= 4 is 23.3 Å². The monoisotopic (exact) mass is 337 g/mol. The van der Waals surface area contributed by atoms with Gasteiger partial charge >= 0.3 is 6.03 Å². The van der Waals surface area contributed by atoms with Crippen LogP contribution in [0, 0.1) is 11.8 Å². The molecule has 1 fully saturated rings. The molecular formula is C15H16ClN3O4. The maximum Gasteiger partial charge on any atom is 0.318 e. The van der Waals surface area contributed by atoms with Crippen LogP contribution in [-0.2, 0) is 4.74 Å². The van der Waals surface area contributed by atoms with Crippen LogP contribution in [0.25, 0.3) is 0 Å². The van der Waals surface area contributed by atoms with Crippen LogP contribution < -0.4 is 20.5 Å². The van der Waals surface area contributed by atoms with E-state index >= 15 is 0 Å². The maximum absolute atomic E-state index is 11.9. The third-order valence-corrected chi connectivity index (χ3v) is 3.79. The number of benzene rings is 1. The summed E-state index contributed by atoms with van der Waals surface area (Å²) in [6, 6.07) is 1.48. The Kier molecular flexibility index (Phi) is 4.65. The molecule has 8 heteroatoms. The summed E-state index contributed by atoms with van der Waals surface area (Å²) in [5, 5.41) is 3.10. The number of nitrogens with zero attached hydrogens (tertiary/aromatic N) is 1. The standard InChI is InChI=1S/C15H16ClN3O4/c16-11-8-10(13-14(12(11)17)23-9-22-13)2-1-3-18-15(20)19-4-6-21-7-5-19/h8H,3-7,9,17H2,(H,18,20).